The number of rotatable bonds is 7. The van der Waals surface area contributed by atoms with Crippen LogP contribution in [0.5, 0.6) is 0 Å². The van der Waals surface area contributed by atoms with Crippen molar-refractivity contribution in [2.75, 3.05) is 25.2 Å². The molecule has 1 aliphatic heterocycles. The van der Waals surface area contributed by atoms with Crippen LogP contribution in [0.3, 0.4) is 0 Å². The number of hydrogen-bond donors (Lipinski definition) is 0. The van der Waals surface area contributed by atoms with Crippen LogP contribution in [0.15, 0.2) is 82.4 Å². The Kier molecular flexibility index (Phi) is 10.1. The molecule has 2 aromatic heterocycles. The van der Waals surface area contributed by atoms with Crippen molar-refractivity contribution >= 4 is 34.2 Å². The van der Waals surface area contributed by atoms with E-state index in [1.54, 1.807) is 38.2 Å². The molecular weight excluding hydrogens is 642 g/mol. The Morgan fingerprint density at radius 2 is 1.60 bits per heavy atom. The molecule has 13 nitrogen and oxygen atoms in total. The van der Waals surface area contributed by atoms with E-state index in [0.717, 1.165) is 21.4 Å². The van der Waals surface area contributed by atoms with E-state index in [0.29, 0.717) is 46.7 Å². The highest BCUT2D eigenvalue weighted by molar-refractivity contribution is 6.00. The van der Waals surface area contributed by atoms with Crippen molar-refractivity contribution in [1.29, 1.82) is 0 Å². The zero-order chi connectivity index (χ0) is 36.4. The number of fused-ring (bicyclic) bond motifs is 5. The van der Waals surface area contributed by atoms with Gasteiger partial charge in [0.25, 0.3) is 11.2 Å². The molecule has 0 amide bonds. The fourth-order valence-corrected chi connectivity index (χ4v) is 6.46. The molecule has 1 aliphatic rings. The number of nitro groups is 1. The molecule has 50 heavy (non-hydrogen) atoms. The number of benzene rings is 3. The van der Waals surface area contributed by atoms with Gasteiger partial charge in [-0.1, -0.05) is 44.2 Å². The second kappa shape index (κ2) is 14.2. The Labute approximate surface area is 288 Å². The zero-order valence-corrected chi connectivity index (χ0v) is 29.0. The van der Waals surface area contributed by atoms with Gasteiger partial charge in [0, 0.05) is 39.7 Å². The summed E-state index contributed by atoms with van der Waals surface area (Å²) in [6.45, 7) is 8.39. The van der Waals surface area contributed by atoms with Gasteiger partial charge in [0.05, 0.1) is 63.9 Å². The summed E-state index contributed by atoms with van der Waals surface area (Å²) in [6.07, 6.45) is 0. The van der Waals surface area contributed by atoms with Crippen molar-refractivity contribution in [1.82, 2.24) is 13.7 Å². The summed E-state index contributed by atoms with van der Waals surface area (Å²) in [4.78, 5) is 63.4. The van der Waals surface area contributed by atoms with Crippen molar-refractivity contribution in [3.63, 3.8) is 0 Å². The number of carbonyl (C=O) groups excluding carboxylic acids is 2. The Hall–Kier alpha value is -5.98. The zero-order valence-electron chi connectivity index (χ0n) is 29.0. The van der Waals surface area contributed by atoms with E-state index in [1.807, 2.05) is 41.0 Å². The molecule has 0 radical (unpaired) electrons. The maximum Gasteiger partial charge on any atom is 0.337 e. The molecule has 6 rings (SSSR count). The fourth-order valence-electron chi connectivity index (χ4n) is 6.46. The molecule has 0 N–H and O–H groups in total. The molecular formula is C37H39N5O8. The van der Waals surface area contributed by atoms with Gasteiger partial charge >= 0.3 is 17.6 Å². The van der Waals surface area contributed by atoms with E-state index >= 15 is 0 Å². The standard InChI is InChI=1S/C33H31N5O6.C4H8O2/c1-19(2)18-36-24-16-13-22(32(40)44-5)17-25(24)37-27(20-9-7-6-8-10-20)26-29(34(3)33(41)35(4)31(26)39)30(37)28(36)21-11-14-23(15-12-21)38(42)43;1-3-6-4(2)5/h6-17,19,28H,18H2,1-5H3;3H2,1-2H3/t28-;/m1./s1. The molecule has 3 heterocycles. The monoisotopic (exact) mass is 681 g/mol. The number of anilines is 1. The minimum absolute atomic E-state index is 0.0467. The van der Waals surface area contributed by atoms with Crippen LogP contribution < -0.4 is 16.1 Å². The van der Waals surface area contributed by atoms with E-state index in [1.165, 1.54) is 37.8 Å². The van der Waals surface area contributed by atoms with Gasteiger partial charge in [-0.05, 0) is 54.3 Å². The van der Waals surface area contributed by atoms with Crippen LogP contribution in [-0.4, -0.2) is 50.8 Å². The molecule has 0 aliphatic carbocycles. The number of carbonyl (C=O) groups is 2. The van der Waals surface area contributed by atoms with Gasteiger partial charge in [0.2, 0.25) is 0 Å². The lowest BCUT2D eigenvalue weighted by Crippen LogP contribution is -2.39. The first kappa shape index (κ1) is 35.3. The molecule has 260 valence electrons. The van der Waals surface area contributed by atoms with Crippen LogP contribution in [0, 0.1) is 16.0 Å². The predicted molar refractivity (Wildman–Crippen MR) is 190 cm³/mol. The normalized spacial score (nSPS) is 13.3. The first-order chi connectivity index (χ1) is 23.8. The van der Waals surface area contributed by atoms with E-state index in [2.05, 4.69) is 23.5 Å². The number of nitro benzene ring substituents is 1. The summed E-state index contributed by atoms with van der Waals surface area (Å²) in [5.41, 5.74) is 3.93. The van der Waals surface area contributed by atoms with Crippen molar-refractivity contribution in [2.24, 2.45) is 20.0 Å². The Balaban J connectivity index is 0.000000745. The molecule has 0 fully saturated rings. The fraction of sp³-hybridized carbons (Fsp3) is 0.297. The Morgan fingerprint density at radius 3 is 2.14 bits per heavy atom. The first-order valence-corrected chi connectivity index (χ1v) is 16.1. The second-order valence-corrected chi connectivity index (χ2v) is 12.3. The van der Waals surface area contributed by atoms with Crippen LogP contribution in [0.25, 0.3) is 27.8 Å². The highest BCUT2D eigenvalue weighted by atomic mass is 16.6. The van der Waals surface area contributed by atoms with Gasteiger partial charge in [-0.3, -0.25) is 28.8 Å². The first-order valence-electron chi connectivity index (χ1n) is 16.1. The summed E-state index contributed by atoms with van der Waals surface area (Å²) in [7, 11) is 4.42. The number of esters is 2. The topological polar surface area (TPSA) is 148 Å². The van der Waals surface area contributed by atoms with E-state index in [9.17, 15) is 29.3 Å². The van der Waals surface area contributed by atoms with Gasteiger partial charge in [-0.2, -0.15) is 0 Å². The summed E-state index contributed by atoms with van der Waals surface area (Å²) in [5, 5.41) is 11.9. The molecule has 0 spiro atoms. The SMILES string of the molecule is CCOC(C)=O.COC(=O)c1ccc2c(c1)-n1c(-c3ccccc3)c3c(=O)n(C)c(=O)n(C)c3c1[C@@H](c1ccc([N+](=O)[O-])cc1)N2CC(C)C. The summed E-state index contributed by atoms with van der Waals surface area (Å²) in [5.74, 6) is -0.539. The summed E-state index contributed by atoms with van der Waals surface area (Å²) in [6, 6.07) is 20.6. The number of ether oxygens (including phenoxy) is 2. The quantitative estimate of drug-likeness (QED) is 0.123. The molecule has 0 unspecified atom stereocenters. The number of hydrogen-bond acceptors (Lipinski definition) is 9. The molecule has 13 heteroatoms. The second-order valence-electron chi connectivity index (χ2n) is 12.3. The lowest BCUT2D eigenvalue weighted by molar-refractivity contribution is -0.384. The molecule has 0 bridgehead atoms. The average molecular weight is 682 g/mol. The summed E-state index contributed by atoms with van der Waals surface area (Å²) >= 11 is 0. The third-order valence-electron chi connectivity index (χ3n) is 8.50. The van der Waals surface area contributed by atoms with Gasteiger partial charge in [-0.25, -0.2) is 9.59 Å². The van der Waals surface area contributed by atoms with E-state index < -0.39 is 28.2 Å². The third kappa shape index (κ3) is 6.29. The lowest BCUT2D eigenvalue weighted by atomic mass is 9.95. The van der Waals surface area contributed by atoms with Crippen LogP contribution in [-0.2, 0) is 28.4 Å². The van der Waals surface area contributed by atoms with Gasteiger partial charge in [0.15, 0.2) is 0 Å². The number of aromatic nitrogens is 3. The molecule has 0 saturated carbocycles. The molecule has 1 atom stereocenters. The van der Waals surface area contributed by atoms with Crippen molar-refractivity contribution < 1.29 is 24.0 Å². The number of methoxy groups -OCH3 is 1. The van der Waals surface area contributed by atoms with Crippen molar-refractivity contribution in [3.8, 4) is 16.9 Å². The minimum atomic E-state index is -0.549. The highest BCUT2D eigenvalue weighted by Gasteiger charge is 2.39. The third-order valence-corrected chi connectivity index (χ3v) is 8.50. The number of nitrogens with zero attached hydrogens (tertiary/aromatic N) is 5. The number of non-ortho nitro benzene ring substituents is 1. The minimum Gasteiger partial charge on any atom is -0.466 e. The van der Waals surface area contributed by atoms with Crippen molar-refractivity contribution in [3.05, 3.63) is 121 Å². The maximum atomic E-state index is 14.0. The maximum absolute atomic E-state index is 14.0. The molecule has 0 saturated heterocycles. The smallest absolute Gasteiger partial charge is 0.337 e. The average Bonchev–Trinajstić information content (AvgIpc) is 3.46. The largest absolute Gasteiger partial charge is 0.466 e. The molecule has 3 aromatic carbocycles. The van der Waals surface area contributed by atoms with E-state index in [-0.39, 0.29) is 17.6 Å². The van der Waals surface area contributed by atoms with E-state index in [4.69, 9.17) is 4.74 Å². The Bertz CT molecular complexity index is 2220. The Morgan fingerprint density at radius 1 is 0.940 bits per heavy atom. The van der Waals surface area contributed by atoms with Crippen LogP contribution in [0.1, 0.15) is 55.4 Å². The van der Waals surface area contributed by atoms with Crippen molar-refractivity contribution in [2.45, 2.75) is 33.7 Å². The van der Waals surface area contributed by atoms with Gasteiger partial charge < -0.3 is 18.9 Å². The highest BCUT2D eigenvalue weighted by Crippen LogP contribution is 2.49. The van der Waals surface area contributed by atoms with Crippen LogP contribution in [0.2, 0.25) is 0 Å². The molecule has 5 aromatic rings. The number of aryl methyl sites for hydroxylation is 1. The van der Waals surface area contributed by atoms with Crippen LogP contribution in [0.4, 0.5) is 11.4 Å². The van der Waals surface area contributed by atoms with Gasteiger partial charge in [0.1, 0.15) is 0 Å². The lowest BCUT2D eigenvalue weighted by Gasteiger charge is -2.42. The van der Waals surface area contributed by atoms with Crippen LogP contribution >= 0.6 is 0 Å². The summed E-state index contributed by atoms with van der Waals surface area (Å²) < 4.78 is 14.0. The predicted octanol–water partition coefficient (Wildman–Crippen LogP) is 5.52. The van der Waals surface area contributed by atoms with Gasteiger partial charge in [-0.15, -0.1) is 0 Å².